The molecule has 0 spiro atoms. The molecule has 0 fully saturated rings. The Morgan fingerprint density at radius 3 is 1.97 bits per heavy atom. The second-order valence-corrected chi connectivity index (χ2v) is 8.37. The van der Waals surface area contributed by atoms with Gasteiger partial charge < -0.3 is 11.1 Å². The zero-order valence-electron chi connectivity index (χ0n) is 16.1. The molecule has 4 nitrogen and oxygen atoms in total. The molecule has 3 N–H and O–H groups in total. The van der Waals surface area contributed by atoms with Crippen molar-refractivity contribution in [2.75, 3.05) is 5.32 Å². The molecule has 0 saturated carbocycles. The van der Waals surface area contributed by atoms with Crippen molar-refractivity contribution in [3.05, 3.63) is 72.4 Å². The number of hydrogen-bond acceptors (Lipinski definition) is 3. The van der Waals surface area contributed by atoms with Gasteiger partial charge in [-0.25, -0.2) is 4.98 Å². The quantitative estimate of drug-likeness (QED) is 0.406. The van der Waals surface area contributed by atoms with Gasteiger partial charge in [0, 0.05) is 23.0 Å². The number of nitrogens with two attached hydrogens (primary N) is 1. The molecule has 0 atom stereocenters. The highest BCUT2D eigenvalue weighted by Gasteiger charge is 2.65. The number of rotatable bonds is 5. The molecular weight excluding hydrogens is 425 g/mol. The summed E-state index contributed by atoms with van der Waals surface area (Å²) in [6.07, 6.45) is 1.46. The van der Waals surface area contributed by atoms with E-state index in [0.717, 1.165) is 12.1 Å². The number of halogens is 5. The van der Waals surface area contributed by atoms with Gasteiger partial charge in [-0.2, -0.15) is 0 Å². The number of carbonyl (C=O) groups excluding carboxylic acids is 1. The van der Waals surface area contributed by atoms with Crippen molar-refractivity contribution in [2.24, 2.45) is 5.73 Å². The van der Waals surface area contributed by atoms with E-state index < -0.39 is 21.0 Å². The Balaban J connectivity index is 0.00000155. The van der Waals surface area contributed by atoms with Crippen molar-refractivity contribution in [2.45, 2.75) is 18.7 Å². The number of aromatic nitrogens is 1. The minimum atomic E-state index is -9.72. The normalized spacial score (nSPS) is 13.3. The maximum atomic E-state index is 12.8. The SMILES string of the molecule is CC.NC(=O)c1ccc(-c2cccnc2Nc2ccc(S(F)(F)(F)(F)F)cc2)cc1. The number of nitrogens with one attached hydrogen (secondary N) is 1. The second-order valence-electron chi connectivity index (χ2n) is 5.96. The third kappa shape index (κ3) is 5.69. The van der Waals surface area contributed by atoms with Gasteiger partial charge in [-0.05, 0) is 54.1 Å². The highest BCUT2D eigenvalue weighted by molar-refractivity contribution is 8.45. The van der Waals surface area contributed by atoms with Gasteiger partial charge in [-0.15, -0.1) is 0 Å². The summed E-state index contributed by atoms with van der Waals surface area (Å²) in [7, 11) is -9.72. The summed E-state index contributed by atoms with van der Waals surface area (Å²) in [4.78, 5) is 13.3. The standard InChI is InChI=1S/C18H14F5N3OS.C2H6/c19-28(20,21,22,23)15-9-7-14(8-10-15)26-18-16(2-1-11-25-18)12-3-5-13(6-4-12)17(24)27;1-2/h1-11H,(H2,24,27)(H,25,26);1-2H3. The number of benzene rings is 2. The van der Waals surface area contributed by atoms with E-state index in [1.807, 2.05) is 13.8 Å². The van der Waals surface area contributed by atoms with Gasteiger partial charge in [0.1, 0.15) is 10.7 Å². The lowest BCUT2D eigenvalue weighted by molar-refractivity contribution is 0.1000. The molecule has 162 valence electrons. The summed E-state index contributed by atoms with van der Waals surface area (Å²) < 4.78 is 64.1. The van der Waals surface area contributed by atoms with Crippen LogP contribution < -0.4 is 11.1 Å². The van der Waals surface area contributed by atoms with Crippen molar-refractivity contribution < 1.29 is 24.2 Å². The largest absolute Gasteiger partial charge is 0.366 e. The van der Waals surface area contributed by atoms with Gasteiger partial charge in [0.05, 0.1) is 0 Å². The number of nitrogens with zero attached hydrogens (tertiary/aromatic N) is 1. The maximum Gasteiger partial charge on any atom is 0.310 e. The monoisotopic (exact) mass is 445 g/mol. The van der Waals surface area contributed by atoms with Crippen LogP contribution in [0, 0.1) is 0 Å². The molecule has 0 aliphatic heterocycles. The highest BCUT2D eigenvalue weighted by Crippen LogP contribution is 3.02. The van der Waals surface area contributed by atoms with Crippen molar-refractivity contribution in [3.63, 3.8) is 0 Å². The summed E-state index contributed by atoms with van der Waals surface area (Å²) in [5.41, 5.74) is 6.93. The zero-order valence-corrected chi connectivity index (χ0v) is 16.9. The molecule has 0 unspecified atom stereocenters. The van der Waals surface area contributed by atoms with Gasteiger partial charge in [0.25, 0.3) is 0 Å². The maximum absolute atomic E-state index is 12.8. The third-order valence-corrected chi connectivity index (χ3v) is 5.01. The van der Waals surface area contributed by atoms with Crippen LogP contribution >= 0.6 is 10.2 Å². The second kappa shape index (κ2) is 7.60. The van der Waals surface area contributed by atoms with E-state index in [4.69, 9.17) is 5.73 Å². The average molecular weight is 445 g/mol. The Morgan fingerprint density at radius 2 is 1.47 bits per heavy atom. The van der Waals surface area contributed by atoms with Crippen LogP contribution in [-0.4, -0.2) is 10.9 Å². The topological polar surface area (TPSA) is 68.0 Å². The first-order valence-electron chi connectivity index (χ1n) is 8.80. The van der Waals surface area contributed by atoms with Crippen molar-refractivity contribution in [1.29, 1.82) is 0 Å². The van der Waals surface area contributed by atoms with Crippen LogP contribution in [0.15, 0.2) is 71.8 Å². The van der Waals surface area contributed by atoms with E-state index in [9.17, 15) is 24.2 Å². The Labute approximate surface area is 170 Å². The number of amides is 1. The smallest absolute Gasteiger partial charge is 0.310 e. The fourth-order valence-corrected chi connectivity index (χ4v) is 3.13. The fraction of sp³-hybridized carbons (Fsp3) is 0.100. The molecular formula is C20H20F5N3OS. The molecule has 0 bridgehead atoms. The van der Waals surface area contributed by atoms with E-state index in [0.29, 0.717) is 34.6 Å². The van der Waals surface area contributed by atoms with Crippen LogP contribution in [0.2, 0.25) is 0 Å². The molecule has 1 aromatic heterocycles. The third-order valence-electron chi connectivity index (χ3n) is 3.85. The van der Waals surface area contributed by atoms with Gasteiger partial charge in [-0.1, -0.05) is 45.4 Å². The van der Waals surface area contributed by atoms with E-state index in [-0.39, 0.29) is 5.69 Å². The molecule has 1 heterocycles. The van der Waals surface area contributed by atoms with Crippen molar-refractivity contribution in [3.8, 4) is 11.1 Å². The average Bonchev–Trinajstić information content (AvgIpc) is 2.69. The summed E-state index contributed by atoms with van der Waals surface area (Å²) in [6, 6.07) is 12.2. The van der Waals surface area contributed by atoms with E-state index in [1.54, 1.807) is 24.3 Å². The van der Waals surface area contributed by atoms with Gasteiger partial charge in [0.2, 0.25) is 5.91 Å². The van der Waals surface area contributed by atoms with Crippen molar-refractivity contribution in [1.82, 2.24) is 4.98 Å². The van der Waals surface area contributed by atoms with Crippen LogP contribution in [0.4, 0.5) is 30.9 Å². The molecule has 0 aliphatic rings. The lowest BCUT2D eigenvalue weighted by atomic mass is 10.0. The van der Waals surface area contributed by atoms with E-state index in [1.165, 1.54) is 18.3 Å². The van der Waals surface area contributed by atoms with Gasteiger partial charge >= 0.3 is 10.2 Å². The Morgan fingerprint density at radius 1 is 0.900 bits per heavy atom. The Bertz CT molecular complexity index is 1040. The molecule has 1 amide bonds. The summed E-state index contributed by atoms with van der Waals surface area (Å²) >= 11 is 0. The predicted octanol–water partition coefficient (Wildman–Crippen LogP) is 7.27. The zero-order chi connectivity index (χ0) is 22.6. The lowest BCUT2D eigenvalue weighted by Crippen LogP contribution is -2.10. The molecule has 10 heteroatoms. The number of carbonyl (C=O) groups is 1. The van der Waals surface area contributed by atoms with Crippen LogP contribution in [0.5, 0.6) is 0 Å². The number of hydrogen-bond donors (Lipinski definition) is 2. The molecule has 2 aromatic carbocycles. The van der Waals surface area contributed by atoms with Crippen LogP contribution in [-0.2, 0) is 0 Å². The lowest BCUT2D eigenvalue weighted by Gasteiger charge is -2.40. The number of primary amides is 1. The first-order valence-corrected chi connectivity index (χ1v) is 10.7. The first-order chi connectivity index (χ1) is 13.8. The number of pyridine rings is 1. The van der Waals surface area contributed by atoms with E-state index in [2.05, 4.69) is 10.3 Å². The molecule has 0 aliphatic carbocycles. The molecule has 30 heavy (non-hydrogen) atoms. The molecule has 3 aromatic rings. The minimum Gasteiger partial charge on any atom is -0.366 e. The molecule has 3 rings (SSSR count). The summed E-state index contributed by atoms with van der Waals surface area (Å²) in [5, 5.41) is 2.81. The van der Waals surface area contributed by atoms with Gasteiger partial charge in [0.15, 0.2) is 0 Å². The van der Waals surface area contributed by atoms with Crippen LogP contribution in [0.25, 0.3) is 11.1 Å². The first kappa shape index (κ1) is 23.1. The highest BCUT2D eigenvalue weighted by atomic mass is 32.5. The van der Waals surface area contributed by atoms with E-state index >= 15 is 0 Å². The van der Waals surface area contributed by atoms with Crippen molar-refractivity contribution >= 4 is 27.6 Å². The predicted molar refractivity (Wildman–Crippen MR) is 111 cm³/mol. The Hall–Kier alpha value is -3.14. The summed E-state index contributed by atoms with van der Waals surface area (Å²) in [6.45, 7) is 4.00. The minimum absolute atomic E-state index is 0.152. The Kier molecular flexibility index (Phi) is 5.86. The van der Waals surface area contributed by atoms with Crippen LogP contribution in [0.3, 0.4) is 0 Å². The fourth-order valence-electron chi connectivity index (χ4n) is 2.48. The molecule has 0 radical (unpaired) electrons. The summed E-state index contributed by atoms with van der Waals surface area (Å²) in [5.74, 6) is -0.283. The van der Waals surface area contributed by atoms with Gasteiger partial charge in [-0.3, -0.25) is 4.79 Å². The molecule has 0 saturated heterocycles. The number of anilines is 2. The van der Waals surface area contributed by atoms with Crippen LogP contribution in [0.1, 0.15) is 24.2 Å².